The molecule has 0 heterocycles. The van der Waals surface area contributed by atoms with Crippen LogP contribution in [0.1, 0.15) is 18.1 Å². The first-order valence-corrected chi connectivity index (χ1v) is 4.66. The van der Waals surface area contributed by atoms with E-state index in [-0.39, 0.29) is 5.91 Å². The molecule has 0 bridgehead atoms. The molecule has 0 aliphatic heterocycles. The number of anilines is 1. The summed E-state index contributed by atoms with van der Waals surface area (Å²) in [4.78, 5) is 10.6. The van der Waals surface area contributed by atoms with Crippen LogP contribution in [0.5, 0.6) is 0 Å². The average molecular weight is 213 g/mol. The van der Waals surface area contributed by atoms with Crippen molar-refractivity contribution >= 4 is 11.6 Å². The molecule has 16 heavy (non-hydrogen) atoms. The van der Waals surface area contributed by atoms with Gasteiger partial charge in [-0.2, -0.15) is 5.26 Å². The summed E-state index contributed by atoms with van der Waals surface area (Å²) in [5, 5.41) is 11.2. The molecule has 0 aromatic heterocycles. The number of amides is 1. The zero-order valence-electron chi connectivity index (χ0n) is 8.87. The van der Waals surface area contributed by atoms with Crippen molar-refractivity contribution in [3.63, 3.8) is 0 Å². The Hall–Kier alpha value is -2.46. The van der Waals surface area contributed by atoms with Crippen LogP contribution < -0.4 is 11.1 Å². The highest BCUT2D eigenvalue weighted by atomic mass is 16.1. The van der Waals surface area contributed by atoms with Crippen molar-refractivity contribution in [1.82, 2.24) is 5.32 Å². The Morgan fingerprint density at radius 1 is 1.56 bits per heavy atom. The van der Waals surface area contributed by atoms with Crippen molar-refractivity contribution < 1.29 is 4.79 Å². The lowest BCUT2D eigenvalue weighted by molar-refractivity contribution is -0.118. The lowest BCUT2D eigenvalue weighted by atomic mass is 10.1. The number of rotatable bonds is 1. The quantitative estimate of drug-likeness (QED) is 0.530. The van der Waals surface area contributed by atoms with Gasteiger partial charge in [-0.1, -0.05) is 11.8 Å². The fourth-order valence-electron chi connectivity index (χ4n) is 1.06. The van der Waals surface area contributed by atoms with Gasteiger partial charge in [0.2, 0.25) is 5.91 Å². The molecule has 0 radical (unpaired) electrons. The first kappa shape index (κ1) is 11.6. The van der Waals surface area contributed by atoms with E-state index in [1.807, 2.05) is 6.07 Å². The highest BCUT2D eigenvalue weighted by Gasteiger charge is 1.97. The first-order chi connectivity index (χ1) is 7.63. The molecule has 80 valence electrons. The molecule has 0 saturated heterocycles. The number of nitriles is 1. The van der Waals surface area contributed by atoms with Crippen LogP contribution >= 0.6 is 0 Å². The fraction of sp³-hybridized carbons (Fsp3) is 0.167. The third-order valence-electron chi connectivity index (χ3n) is 1.83. The number of benzene rings is 1. The van der Waals surface area contributed by atoms with Crippen LogP contribution in [-0.2, 0) is 4.79 Å². The Morgan fingerprint density at radius 3 is 2.88 bits per heavy atom. The van der Waals surface area contributed by atoms with Gasteiger partial charge >= 0.3 is 0 Å². The zero-order valence-corrected chi connectivity index (χ0v) is 8.87. The predicted molar refractivity (Wildman–Crippen MR) is 61.1 cm³/mol. The maximum atomic E-state index is 10.6. The Bertz CT molecular complexity index is 503. The van der Waals surface area contributed by atoms with Crippen LogP contribution in [0, 0.1) is 23.2 Å². The van der Waals surface area contributed by atoms with Crippen molar-refractivity contribution in [3.05, 3.63) is 29.3 Å². The molecule has 0 spiro atoms. The highest BCUT2D eigenvalue weighted by Crippen LogP contribution is 2.11. The Balaban J connectivity index is 2.72. The van der Waals surface area contributed by atoms with Crippen molar-refractivity contribution in [1.29, 1.82) is 5.26 Å². The molecular weight excluding hydrogens is 202 g/mol. The molecule has 4 heteroatoms. The molecule has 1 aromatic rings. The standard InChI is InChI=1S/C12H11N3O/c1-9(16)15-6-2-3-10-4-5-11(8-13)12(14)7-10/h4-5,7H,6,14H2,1H3,(H,15,16). The second-order valence-electron chi connectivity index (χ2n) is 3.13. The smallest absolute Gasteiger partial charge is 0.217 e. The molecule has 0 unspecified atom stereocenters. The molecular formula is C12H11N3O. The van der Waals surface area contributed by atoms with Crippen LogP contribution in [0.4, 0.5) is 5.69 Å². The summed E-state index contributed by atoms with van der Waals surface area (Å²) in [5.41, 5.74) is 7.20. The van der Waals surface area contributed by atoms with Crippen LogP contribution in [0.15, 0.2) is 18.2 Å². The maximum absolute atomic E-state index is 10.6. The Kier molecular flexibility index (Phi) is 3.94. The normalized spacial score (nSPS) is 8.50. The molecule has 0 aliphatic rings. The Labute approximate surface area is 94.1 Å². The van der Waals surface area contributed by atoms with Crippen LogP contribution in [-0.4, -0.2) is 12.5 Å². The minimum absolute atomic E-state index is 0.117. The van der Waals surface area contributed by atoms with E-state index in [9.17, 15) is 4.79 Å². The summed E-state index contributed by atoms with van der Waals surface area (Å²) in [7, 11) is 0. The van der Waals surface area contributed by atoms with E-state index in [2.05, 4.69) is 17.2 Å². The van der Waals surface area contributed by atoms with Crippen molar-refractivity contribution in [2.24, 2.45) is 0 Å². The minimum Gasteiger partial charge on any atom is -0.398 e. The van der Waals surface area contributed by atoms with Crippen LogP contribution in [0.25, 0.3) is 0 Å². The van der Waals surface area contributed by atoms with Gasteiger partial charge in [0, 0.05) is 12.5 Å². The molecule has 0 aliphatic carbocycles. The third kappa shape index (κ3) is 3.36. The second kappa shape index (κ2) is 5.43. The predicted octanol–water partition coefficient (Wildman–Crippen LogP) is 0.628. The van der Waals surface area contributed by atoms with Crippen molar-refractivity contribution in [3.8, 4) is 17.9 Å². The summed E-state index contributed by atoms with van der Waals surface area (Å²) in [6, 6.07) is 6.95. The molecule has 0 saturated carbocycles. The number of hydrogen-bond acceptors (Lipinski definition) is 3. The van der Waals surface area contributed by atoms with E-state index >= 15 is 0 Å². The number of carbonyl (C=O) groups excluding carboxylic acids is 1. The topological polar surface area (TPSA) is 78.9 Å². The van der Waals surface area contributed by atoms with Gasteiger partial charge in [-0.15, -0.1) is 0 Å². The van der Waals surface area contributed by atoms with E-state index in [4.69, 9.17) is 11.0 Å². The van der Waals surface area contributed by atoms with Gasteiger partial charge in [0.15, 0.2) is 0 Å². The molecule has 0 atom stereocenters. The zero-order chi connectivity index (χ0) is 12.0. The van der Waals surface area contributed by atoms with Crippen molar-refractivity contribution in [2.45, 2.75) is 6.92 Å². The van der Waals surface area contributed by atoms with E-state index in [0.29, 0.717) is 17.8 Å². The van der Waals surface area contributed by atoms with E-state index in [1.54, 1.807) is 18.2 Å². The maximum Gasteiger partial charge on any atom is 0.217 e. The molecule has 0 fully saturated rings. The summed E-state index contributed by atoms with van der Waals surface area (Å²) in [6.45, 7) is 1.73. The van der Waals surface area contributed by atoms with E-state index in [0.717, 1.165) is 5.56 Å². The number of nitrogens with zero attached hydrogens (tertiary/aromatic N) is 1. The van der Waals surface area contributed by atoms with Gasteiger partial charge in [-0.25, -0.2) is 0 Å². The monoisotopic (exact) mass is 213 g/mol. The van der Waals surface area contributed by atoms with Crippen LogP contribution in [0.3, 0.4) is 0 Å². The largest absolute Gasteiger partial charge is 0.398 e. The molecule has 1 rings (SSSR count). The number of nitrogens with two attached hydrogens (primary N) is 1. The van der Waals surface area contributed by atoms with Gasteiger partial charge in [0.25, 0.3) is 0 Å². The van der Waals surface area contributed by atoms with E-state index < -0.39 is 0 Å². The summed E-state index contributed by atoms with van der Waals surface area (Å²) in [5.74, 6) is 5.50. The second-order valence-corrected chi connectivity index (χ2v) is 3.13. The number of nitrogen functional groups attached to an aromatic ring is 1. The molecule has 4 nitrogen and oxygen atoms in total. The van der Waals surface area contributed by atoms with E-state index in [1.165, 1.54) is 6.92 Å². The lowest BCUT2D eigenvalue weighted by Gasteiger charge is -1.97. The summed E-state index contributed by atoms with van der Waals surface area (Å²) in [6.07, 6.45) is 0. The van der Waals surface area contributed by atoms with Gasteiger partial charge in [0.1, 0.15) is 6.07 Å². The van der Waals surface area contributed by atoms with Gasteiger partial charge in [-0.3, -0.25) is 4.79 Å². The molecule has 1 aromatic carbocycles. The van der Waals surface area contributed by atoms with Crippen LogP contribution in [0.2, 0.25) is 0 Å². The summed E-state index contributed by atoms with van der Waals surface area (Å²) >= 11 is 0. The average Bonchev–Trinajstić information content (AvgIpc) is 2.24. The number of hydrogen-bond donors (Lipinski definition) is 2. The number of carbonyl (C=O) groups is 1. The summed E-state index contributed by atoms with van der Waals surface area (Å²) < 4.78 is 0. The first-order valence-electron chi connectivity index (χ1n) is 4.66. The van der Waals surface area contributed by atoms with Gasteiger partial charge in [-0.05, 0) is 18.2 Å². The highest BCUT2D eigenvalue weighted by molar-refractivity contribution is 5.73. The Morgan fingerprint density at radius 2 is 2.31 bits per heavy atom. The van der Waals surface area contributed by atoms with Gasteiger partial charge in [0.05, 0.1) is 17.8 Å². The van der Waals surface area contributed by atoms with Crippen molar-refractivity contribution in [2.75, 3.05) is 12.3 Å². The third-order valence-corrected chi connectivity index (χ3v) is 1.83. The number of nitrogens with one attached hydrogen (secondary N) is 1. The SMILES string of the molecule is CC(=O)NCC#Cc1ccc(C#N)c(N)c1. The lowest BCUT2D eigenvalue weighted by Crippen LogP contribution is -2.19. The minimum atomic E-state index is -0.117. The van der Waals surface area contributed by atoms with Gasteiger partial charge < -0.3 is 11.1 Å². The molecule has 3 N–H and O–H groups in total. The fourth-order valence-corrected chi connectivity index (χ4v) is 1.06. The molecule has 1 amide bonds.